The maximum atomic E-state index is 13.2. The monoisotopic (exact) mass is 324 g/mol. The highest BCUT2D eigenvalue weighted by atomic mass is 19.1. The fraction of sp³-hybridized carbons (Fsp3) is 0.158. The smallest absolute Gasteiger partial charge is 0.255 e. The van der Waals surface area contributed by atoms with Gasteiger partial charge in [-0.3, -0.25) is 9.59 Å². The van der Waals surface area contributed by atoms with E-state index in [9.17, 15) is 14.0 Å². The summed E-state index contributed by atoms with van der Waals surface area (Å²) in [5.41, 5.74) is 2.27. The molecule has 0 saturated carbocycles. The number of pyridine rings is 1. The second-order valence-electron chi connectivity index (χ2n) is 5.63. The first-order valence-corrected chi connectivity index (χ1v) is 7.79. The minimum absolute atomic E-state index is 0.167. The summed E-state index contributed by atoms with van der Waals surface area (Å²) >= 11 is 0. The summed E-state index contributed by atoms with van der Waals surface area (Å²) < 4.78 is 13.2. The van der Waals surface area contributed by atoms with E-state index in [1.165, 1.54) is 18.2 Å². The molecule has 0 saturated heterocycles. The van der Waals surface area contributed by atoms with Crippen molar-refractivity contribution in [3.8, 4) is 0 Å². The van der Waals surface area contributed by atoms with E-state index in [0.29, 0.717) is 11.2 Å². The zero-order valence-electron chi connectivity index (χ0n) is 13.2. The van der Waals surface area contributed by atoms with Gasteiger partial charge in [-0.25, -0.2) is 4.39 Å². The van der Waals surface area contributed by atoms with Gasteiger partial charge in [0.15, 0.2) is 0 Å². The Balaban J connectivity index is 1.93. The molecule has 2 aromatic carbocycles. The number of fused-ring (bicyclic) bond motifs is 1. The van der Waals surface area contributed by atoms with Crippen LogP contribution in [0.2, 0.25) is 0 Å². The fourth-order valence-corrected chi connectivity index (χ4v) is 2.72. The van der Waals surface area contributed by atoms with Crippen LogP contribution in [0, 0.1) is 5.82 Å². The number of hydrogen-bond acceptors (Lipinski definition) is 2. The second kappa shape index (κ2) is 6.66. The van der Waals surface area contributed by atoms with Crippen molar-refractivity contribution in [3.05, 3.63) is 75.8 Å². The van der Waals surface area contributed by atoms with Gasteiger partial charge in [0.25, 0.3) is 5.91 Å². The minimum atomic E-state index is -0.463. The fourth-order valence-electron chi connectivity index (χ4n) is 2.72. The van der Waals surface area contributed by atoms with Crippen molar-refractivity contribution in [1.29, 1.82) is 0 Å². The lowest BCUT2D eigenvalue weighted by molar-refractivity contribution is 0.102. The van der Waals surface area contributed by atoms with E-state index in [4.69, 9.17) is 0 Å². The number of H-pyrrole nitrogens is 1. The lowest BCUT2D eigenvalue weighted by atomic mass is 10.0. The van der Waals surface area contributed by atoms with Crippen molar-refractivity contribution in [2.45, 2.75) is 19.8 Å². The molecule has 0 aliphatic rings. The Morgan fingerprint density at radius 2 is 2.00 bits per heavy atom. The maximum absolute atomic E-state index is 13.2. The topological polar surface area (TPSA) is 62.0 Å². The Morgan fingerprint density at radius 3 is 2.75 bits per heavy atom. The van der Waals surface area contributed by atoms with E-state index in [0.717, 1.165) is 23.8 Å². The molecule has 0 fully saturated rings. The zero-order valence-corrected chi connectivity index (χ0v) is 13.2. The number of aromatic nitrogens is 1. The summed E-state index contributed by atoms with van der Waals surface area (Å²) in [7, 11) is 0. The van der Waals surface area contributed by atoms with Crippen LogP contribution in [0.5, 0.6) is 0 Å². The van der Waals surface area contributed by atoms with Gasteiger partial charge < -0.3 is 10.3 Å². The van der Waals surface area contributed by atoms with Crippen LogP contribution in [0.4, 0.5) is 10.1 Å². The van der Waals surface area contributed by atoms with E-state index in [1.807, 2.05) is 6.07 Å². The second-order valence-corrected chi connectivity index (χ2v) is 5.63. The number of aryl methyl sites for hydroxylation is 1. The summed E-state index contributed by atoms with van der Waals surface area (Å²) in [4.78, 5) is 26.8. The predicted octanol–water partition coefficient (Wildman–Crippen LogP) is 3.87. The van der Waals surface area contributed by atoms with Gasteiger partial charge in [0.1, 0.15) is 5.82 Å². The number of halogens is 1. The van der Waals surface area contributed by atoms with Gasteiger partial charge in [0.05, 0.1) is 5.52 Å². The third kappa shape index (κ3) is 3.35. The van der Waals surface area contributed by atoms with Crippen LogP contribution in [0.1, 0.15) is 29.3 Å². The summed E-state index contributed by atoms with van der Waals surface area (Å²) in [5, 5.41) is 3.68. The van der Waals surface area contributed by atoms with Gasteiger partial charge in [0.2, 0.25) is 5.56 Å². The normalized spacial score (nSPS) is 10.8. The SMILES string of the molecule is CCCc1cc(=O)[nH]c2cc(NC(=O)c3cccc(F)c3)ccc12. The van der Waals surface area contributed by atoms with Crippen LogP contribution in [-0.4, -0.2) is 10.9 Å². The van der Waals surface area contributed by atoms with E-state index in [2.05, 4.69) is 17.2 Å². The van der Waals surface area contributed by atoms with E-state index in [1.54, 1.807) is 24.3 Å². The average Bonchev–Trinajstić information content (AvgIpc) is 2.54. The minimum Gasteiger partial charge on any atom is -0.322 e. The van der Waals surface area contributed by atoms with E-state index >= 15 is 0 Å². The maximum Gasteiger partial charge on any atom is 0.255 e. The number of carbonyl (C=O) groups is 1. The lowest BCUT2D eigenvalue weighted by Gasteiger charge is -2.09. The van der Waals surface area contributed by atoms with E-state index < -0.39 is 11.7 Å². The van der Waals surface area contributed by atoms with Crippen molar-refractivity contribution in [1.82, 2.24) is 4.98 Å². The first-order valence-electron chi connectivity index (χ1n) is 7.79. The molecule has 0 unspecified atom stereocenters. The highest BCUT2D eigenvalue weighted by molar-refractivity contribution is 6.05. The number of benzene rings is 2. The zero-order chi connectivity index (χ0) is 17.1. The standard InChI is InChI=1S/C19H17FN2O2/c1-2-4-12-10-18(23)22-17-11-15(7-8-16(12)17)21-19(24)13-5-3-6-14(20)9-13/h3,5-11H,2,4H2,1H3,(H,21,24)(H,22,23). The Kier molecular flexibility index (Phi) is 4.42. The largest absolute Gasteiger partial charge is 0.322 e. The van der Waals surface area contributed by atoms with Crippen LogP contribution >= 0.6 is 0 Å². The quantitative estimate of drug-likeness (QED) is 0.765. The molecule has 2 N–H and O–H groups in total. The van der Waals surface area contributed by atoms with Crippen LogP contribution in [-0.2, 0) is 6.42 Å². The molecule has 3 rings (SSSR count). The Labute approximate surface area is 138 Å². The average molecular weight is 324 g/mol. The highest BCUT2D eigenvalue weighted by Gasteiger charge is 2.09. The molecule has 0 bridgehead atoms. The molecule has 1 heterocycles. The molecule has 5 heteroatoms. The van der Waals surface area contributed by atoms with Crippen LogP contribution < -0.4 is 10.9 Å². The number of nitrogens with one attached hydrogen (secondary N) is 2. The number of hydrogen-bond donors (Lipinski definition) is 2. The van der Waals surface area contributed by atoms with Gasteiger partial charge in [0, 0.05) is 22.7 Å². The Hall–Kier alpha value is -2.95. The molecule has 1 aromatic heterocycles. The summed E-state index contributed by atoms with van der Waals surface area (Å²) in [5.74, 6) is -0.865. The Bertz CT molecular complexity index is 963. The molecule has 122 valence electrons. The summed E-state index contributed by atoms with van der Waals surface area (Å²) in [6.45, 7) is 2.06. The molecule has 3 aromatic rings. The number of anilines is 1. The van der Waals surface area contributed by atoms with Crippen molar-refractivity contribution in [2.75, 3.05) is 5.32 Å². The van der Waals surface area contributed by atoms with Crippen molar-refractivity contribution < 1.29 is 9.18 Å². The first kappa shape index (κ1) is 15.9. The van der Waals surface area contributed by atoms with Crippen molar-refractivity contribution in [3.63, 3.8) is 0 Å². The van der Waals surface area contributed by atoms with Gasteiger partial charge in [-0.2, -0.15) is 0 Å². The molecule has 4 nitrogen and oxygen atoms in total. The molecular formula is C19H17FN2O2. The van der Waals surface area contributed by atoms with Gasteiger partial charge in [-0.1, -0.05) is 25.5 Å². The van der Waals surface area contributed by atoms with Gasteiger partial charge in [-0.05, 0) is 42.3 Å². The molecule has 0 atom stereocenters. The molecule has 24 heavy (non-hydrogen) atoms. The third-order valence-electron chi connectivity index (χ3n) is 3.79. The summed E-state index contributed by atoms with van der Waals surface area (Å²) in [6, 6.07) is 12.5. The molecular weight excluding hydrogens is 307 g/mol. The van der Waals surface area contributed by atoms with Gasteiger partial charge >= 0.3 is 0 Å². The molecule has 0 aliphatic carbocycles. The van der Waals surface area contributed by atoms with Crippen LogP contribution in [0.15, 0.2) is 53.3 Å². The molecule has 1 amide bonds. The number of amides is 1. The molecule has 0 aliphatic heterocycles. The highest BCUT2D eigenvalue weighted by Crippen LogP contribution is 2.21. The third-order valence-corrected chi connectivity index (χ3v) is 3.79. The number of rotatable bonds is 4. The van der Waals surface area contributed by atoms with Crippen LogP contribution in [0.3, 0.4) is 0 Å². The molecule has 0 spiro atoms. The van der Waals surface area contributed by atoms with Crippen LogP contribution in [0.25, 0.3) is 10.9 Å². The van der Waals surface area contributed by atoms with Gasteiger partial charge in [-0.15, -0.1) is 0 Å². The van der Waals surface area contributed by atoms with Crippen molar-refractivity contribution in [2.24, 2.45) is 0 Å². The Morgan fingerprint density at radius 1 is 1.17 bits per heavy atom. The predicted molar refractivity (Wildman–Crippen MR) is 92.9 cm³/mol. The van der Waals surface area contributed by atoms with Crippen molar-refractivity contribution >= 4 is 22.5 Å². The lowest BCUT2D eigenvalue weighted by Crippen LogP contribution is -2.12. The molecule has 0 radical (unpaired) electrons. The van der Waals surface area contributed by atoms with E-state index in [-0.39, 0.29) is 11.1 Å². The number of aromatic amines is 1. The first-order chi connectivity index (χ1) is 11.6. The number of carbonyl (C=O) groups excluding carboxylic acids is 1. The summed E-state index contributed by atoms with van der Waals surface area (Å²) in [6.07, 6.45) is 1.76.